The first-order valence-electron chi connectivity index (χ1n) is 12.2. The molecule has 5 aliphatic rings. The highest BCUT2D eigenvalue weighted by Gasteiger charge is 2.61. The first-order valence-corrected chi connectivity index (χ1v) is 12.6. The van der Waals surface area contributed by atoms with Gasteiger partial charge in [-0.15, -0.1) is 11.6 Å². The summed E-state index contributed by atoms with van der Waals surface area (Å²) >= 11 is 7.11. The van der Waals surface area contributed by atoms with E-state index in [0.717, 1.165) is 55.4 Å². The average Bonchev–Trinajstić information content (AvgIpc) is 2.80. The van der Waals surface area contributed by atoms with E-state index in [0.29, 0.717) is 30.0 Å². The molecule has 1 aliphatic heterocycles. The number of hydrogen-bond acceptors (Lipinski definition) is 3. The number of carbonyl (C=O) groups excluding carboxylic acids is 1. The summed E-state index contributed by atoms with van der Waals surface area (Å²) in [5.41, 5.74) is 3.21. The topological polar surface area (TPSA) is 38.8 Å². The number of nitrogens with zero attached hydrogens (tertiary/aromatic N) is 1. The monoisotopic (exact) mass is 465 g/mol. The molecular weight excluding hydrogens is 434 g/mol. The van der Waals surface area contributed by atoms with Gasteiger partial charge in [0.1, 0.15) is 0 Å². The van der Waals surface area contributed by atoms with Gasteiger partial charge in [-0.05, 0) is 85.6 Å². The molecule has 3 unspecified atom stereocenters. The summed E-state index contributed by atoms with van der Waals surface area (Å²) < 4.78 is 11.2. The van der Waals surface area contributed by atoms with Gasteiger partial charge >= 0.3 is 0 Å². The van der Waals surface area contributed by atoms with Crippen LogP contribution in [-0.2, 0) is 11.2 Å². The Morgan fingerprint density at radius 3 is 2.30 bits per heavy atom. The molecule has 174 valence electrons. The van der Waals surface area contributed by atoms with Gasteiger partial charge in [0.2, 0.25) is 5.91 Å². The molecule has 4 aliphatic carbocycles. The average molecular weight is 466 g/mol. The van der Waals surface area contributed by atoms with Crippen molar-refractivity contribution in [1.82, 2.24) is 4.90 Å². The highest BCUT2D eigenvalue weighted by Crippen LogP contribution is 2.64. The van der Waals surface area contributed by atoms with Gasteiger partial charge in [0, 0.05) is 11.4 Å². The van der Waals surface area contributed by atoms with Gasteiger partial charge in [0.25, 0.3) is 0 Å². The zero-order chi connectivity index (χ0) is 22.8. The van der Waals surface area contributed by atoms with Gasteiger partial charge in [-0.1, -0.05) is 30.3 Å². The van der Waals surface area contributed by atoms with Crippen molar-refractivity contribution in [1.29, 1.82) is 0 Å². The van der Waals surface area contributed by atoms with Gasteiger partial charge in [-0.25, -0.2) is 0 Å². The highest BCUT2D eigenvalue weighted by atomic mass is 35.5. The molecule has 4 fully saturated rings. The Labute approximate surface area is 201 Å². The number of alkyl halides is 1. The first kappa shape index (κ1) is 21.3. The Morgan fingerprint density at radius 2 is 1.67 bits per heavy atom. The molecule has 0 saturated heterocycles. The van der Waals surface area contributed by atoms with E-state index in [2.05, 4.69) is 41.3 Å². The number of rotatable bonds is 4. The number of hydrogen-bond donors (Lipinski definition) is 0. The van der Waals surface area contributed by atoms with Crippen molar-refractivity contribution < 1.29 is 14.3 Å². The molecule has 0 aromatic heterocycles. The molecule has 0 spiro atoms. The van der Waals surface area contributed by atoms with Gasteiger partial charge in [0.05, 0.1) is 25.7 Å². The van der Waals surface area contributed by atoms with Crippen molar-refractivity contribution in [3.63, 3.8) is 0 Å². The minimum Gasteiger partial charge on any atom is -0.493 e. The van der Waals surface area contributed by atoms with Crippen molar-refractivity contribution in [3.05, 3.63) is 59.2 Å². The molecule has 3 atom stereocenters. The van der Waals surface area contributed by atoms with Crippen LogP contribution in [0.5, 0.6) is 11.5 Å². The van der Waals surface area contributed by atoms with Crippen LogP contribution in [0.3, 0.4) is 0 Å². The van der Waals surface area contributed by atoms with E-state index in [-0.39, 0.29) is 16.3 Å². The summed E-state index contributed by atoms with van der Waals surface area (Å²) in [4.78, 5) is 16.5. The van der Waals surface area contributed by atoms with Gasteiger partial charge in [-0.3, -0.25) is 4.79 Å². The van der Waals surface area contributed by atoms with Crippen LogP contribution in [0, 0.1) is 17.3 Å². The summed E-state index contributed by atoms with van der Waals surface area (Å²) in [6, 6.07) is 14.5. The standard InChI is InChI=1S/C28H32ClNO3/c1-32-23-11-21-8-9-30(25(20-6-4-3-5-7-20)22(21)12-24(23)33-2)26(31)27-13-18-10-19(14-27)16-28(29,15-18)17-27/h3-7,11-12,18-19,25H,8-10,13-17H2,1-2H3. The van der Waals surface area contributed by atoms with Gasteiger partial charge < -0.3 is 14.4 Å². The smallest absolute Gasteiger partial charge is 0.229 e. The second-order valence-electron chi connectivity index (χ2n) is 10.9. The Kier molecular flexibility index (Phi) is 4.95. The molecule has 4 bridgehead atoms. The van der Waals surface area contributed by atoms with Gasteiger partial charge in [-0.2, -0.15) is 0 Å². The zero-order valence-electron chi connectivity index (χ0n) is 19.5. The zero-order valence-corrected chi connectivity index (χ0v) is 20.2. The molecule has 33 heavy (non-hydrogen) atoms. The van der Waals surface area contributed by atoms with E-state index in [1.54, 1.807) is 14.2 Å². The molecule has 2 aromatic rings. The fraction of sp³-hybridized carbons (Fsp3) is 0.536. The molecule has 0 N–H and O–H groups in total. The number of methoxy groups -OCH3 is 2. The predicted molar refractivity (Wildman–Crippen MR) is 129 cm³/mol. The molecule has 2 aromatic carbocycles. The third kappa shape index (κ3) is 3.36. The van der Waals surface area contributed by atoms with E-state index in [1.165, 1.54) is 12.0 Å². The summed E-state index contributed by atoms with van der Waals surface area (Å²) in [7, 11) is 3.34. The number of ether oxygens (including phenoxy) is 2. The number of halogens is 1. The van der Waals surface area contributed by atoms with Crippen molar-refractivity contribution >= 4 is 17.5 Å². The van der Waals surface area contributed by atoms with Crippen LogP contribution in [0.1, 0.15) is 61.3 Å². The lowest BCUT2D eigenvalue weighted by Gasteiger charge is -2.60. The fourth-order valence-corrected chi connectivity index (χ4v) is 8.56. The number of amides is 1. The Morgan fingerprint density at radius 1 is 1.00 bits per heavy atom. The normalized spacial score (nSPS) is 34.2. The molecule has 4 nitrogen and oxygen atoms in total. The van der Waals surface area contributed by atoms with E-state index in [9.17, 15) is 4.79 Å². The SMILES string of the molecule is COc1cc2c(cc1OC)C(c1ccccc1)N(C(=O)C13CC4CC(CC(Cl)(C4)C1)C3)CC2. The maximum absolute atomic E-state index is 14.5. The number of fused-ring (bicyclic) bond motifs is 1. The molecule has 5 heteroatoms. The summed E-state index contributed by atoms with van der Waals surface area (Å²) in [6.45, 7) is 0.716. The van der Waals surface area contributed by atoms with E-state index < -0.39 is 0 Å². The molecule has 1 heterocycles. The second-order valence-corrected chi connectivity index (χ2v) is 11.7. The number of benzene rings is 2. The lowest BCUT2D eigenvalue weighted by Crippen LogP contribution is -2.60. The summed E-state index contributed by atoms with van der Waals surface area (Å²) in [6.07, 6.45) is 7.10. The van der Waals surface area contributed by atoms with Gasteiger partial charge in [0.15, 0.2) is 11.5 Å². The Bertz CT molecular complexity index is 1070. The molecule has 7 rings (SSSR count). The second kappa shape index (κ2) is 7.66. The van der Waals surface area contributed by atoms with Crippen LogP contribution >= 0.6 is 11.6 Å². The highest BCUT2D eigenvalue weighted by molar-refractivity contribution is 6.24. The van der Waals surface area contributed by atoms with Crippen LogP contribution in [0.4, 0.5) is 0 Å². The predicted octanol–water partition coefficient (Wildman–Crippen LogP) is 5.76. The Balaban J connectivity index is 1.44. The lowest BCUT2D eigenvalue weighted by molar-refractivity contribution is -0.158. The van der Waals surface area contributed by atoms with Crippen molar-refractivity contribution in [2.24, 2.45) is 17.3 Å². The Hall–Kier alpha value is -2.20. The largest absolute Gasteiger partial charge is 0.493 e. The van der Waals surface area contributed by atoms with Crippen LogP contribution < -0.4 is 9.47 Å². The molecule has 1 amide bonds. The summed E-state index contributed by atoms with van der Waals surface area (Å²) in [5, 5.41) is 0. The minimum atomic E-state index is -0.299. The van der Waals surface area contributed by atoms with Crippen molar-refractivity contribution in [3.8, 4) is 11.5 Å². The van der Waals surface area contributed by atoms with Crippen molar-refractivity contribution in [2.75, 3.05) is 20.8 Å². The summed E-state index contributed by atoms with van der Waals surface area (Å²) in [5.74, 6) is 2.97. The minimum absolute atomic E-state index is 0.124. The fourth-order valence-electron chi connectivity index (χ4n) is 7.87. The van der Waals surface area contributed by atoms with E-state index in [1.807, 2.05) is 6.07 Å². The third-order valence-electron chi connectivity index (χ3n) is 8.69. The van der Waals surface area contributed by atoms with E-state index >= 15 is 0 Å². The van der Waals surface area contributed by atoms with Crippen LogP contribution in [0.15, 0.2) is 42.5 Å². The molecule has 0 radical (unpaired) electrons. The van der Waals surface area contributed by atoms with Crippen LogP contribution in [0.2, 0.25) is 0 Å². The van der Waals surface area contributed by atoms with E-state index in [4.69, 9.17) is 21.1 Å². The molecule has 4 saturated carbocycles. The van der Waals surface area contributed by atoms with Crippen LogP contribution in [-0.4, -0.2) is 36.4 Å². The van der Waals surface area contributed by atoms with Crippen LogP contribution in [0.25, 0.3) is 0 Å². The van der Waals surface area contributed by atoms with Crippen molar-refractivity contribution in [2.45, 2.75) is 55.9 Å². The maximum atomic E-state index is 14.5. The maximum Gasteiger partial charge on any atom is 0.229 e. The molecular formula is C28H32ClNO3. The quantitative estimate of drug-likeness (QED) is 0.539. The first-order chi connectivity index (χ1) is 15.9. The third-order valence-corrected chi connectivity index (χ3v) is 9.14. The number of carbonyl (C=O) groups is 1. The lowest BCUT2D eigenvalue weighted by atomic mass is 9.48.